The van der Waals surface area contributed by atoms with Crippen LogP contribution in [0.2, 0.25) is 0 Å². The number of hydrogen-bond acceptors (Lipinski definition) is 7. The highest BCUT2D eigenvalue weighted by Gasteiger charge is 2.71. The van der Waals surface area contributed by atoms with Crippen LogP contribution in [0.5, 0.6) is 0 Å². The van der Waals surface area contributed by atoms with Crippen molar-refractivity contribution in [2.45, 2.75) is 158 Å². The van der Waals surface area contributed by atoms with Crippen LogP contribution in [0.3, 0.4) is 0 Å². The highest BCUT2D eigenvalue weighted by molar-refractivity contribution is 6.04. The normalized spacial score (nSPS) is 42.7. The fourth-order valence-electron chi connectivity index (χ4n) is 14.8. The zero-order chi connectivity index (χ0) is 41.2. The molecule has 0 aromatic rings. The molecule has 10 nitrogen and oxygen atoms in total. The van der Waals surface area contributed by atoms with Gasteiger partial charge in [0.2, 0.25) is 11.8 Å². The minimum Gasteiger partial charge on any atom is -0.481 e. The lowest BCUT2D eigenvalue weighted by molar-refractivity contribution is -0.235. The Hall–Kier alpha value is -2.46. The molecule has 2 unspecified atom stereocenters. The summed E-state index contributed by atoms with van der Waals surface area (Å²) in [4.78, 5) is 55.4. The molecule has 1 aliphatic heterocycles. The zero-order valence-corrected chi connectivity index (χ0v) is 36.3. The molecule has 5 saturated carbocycles. The molecule has 7 rings (SSSR count). The summed E-state index contributed by atoms with van der Waals surface area (Å²) < 4.78 is 11.9. The first-order chi connectivity index (χ1) is 25.9. The summed E-state index contributed by atoms with van der Waals surface area (Å²) in [7, 11) is 0. The second kappa shape index (κ2) is 13.5. The first-order valence-corrected chi connectivity index (χ1v) is 22.0. The summed E-state index contributed by atoms with van der Waals surface area (Å²) in [6.45, 7) is 25.7. The van der Waals surface area contributed by atoms with E-state index in [2.05, 4.69) is 53.8 Å². The second-order valence-electron chi connectivity index (χ2n) is 22.2. The molecule has 2 amide bonds. The lowest BCUT2D eigenvalue weighted by Gasteiger charge is -2.72. The monoisotopic (exact) mass is 781 g/mol. The van der Waals surface area contributed by atoms with Crippen molar-refractivity contribution in [2.24, 2.45) is 68.0 Å². The van der Waals surface area contributed by atoms with Gasteiger partial charge in [-0.1, -0.05) is 62.3 Å². The van der Waals surface area contributed by atoms with E-state index in [-0.39, 0.29) is 57.4 Å². The second-order valence-corrected chi connectivity index (χ2v) is 22.2. The Morgan fingerprint density at radius 1 is 0.839 bits per heavy atom. The summed E-state index contributed by atoms with van der Waals surface area (Å²) >= 11 is 0. The van der Waals surface area contributed by atoms with Gasteiger partial charge >= 0.3 is 11.9 Å². The maximum atomic E-state index is 14.4. The summed E-state index contributed by atoms with van der Waals surface area (Å²) in [5.74, 6) is -1.25. The van der Waals surface area contributed by atoms with Crippen LogP contribution < -0.4 is 5.32 Å². The van der Waals surface area contributed by atoms with Crippen molar-refractivity contribution in [3.63, 3.8) is 0 Å². The van der Waals surface area contributed by atoms with E-state index in [4.69, 9.17) is 9.47 Å². The van der Waals surface area contributed by atoms with Crippen LogP contribution in [0.15, 0.2) is 11.1 Å². The van der Waals surface area contributed by atoms with Gasteiger partial charge in [0, 0.05) is 24.9 Å². The molecular formula is C46H72N2O8. The Morgan fingerprint density at radius 3 is 2.11 bits per heavy atom. The van der Waals surface area contributed by atoms with Gasteiger partial charge in [-0.15, -0.1) is 0 Å². The minimum atomic E-state index is -1.25. The van der Waals surface area contributed by atoms with Gasteiger partial charge in [0.05, 0.1) is 36.7 Å². The molecule has 11 atom stereocenters. The number of rotatable bonds is 7. The molecule has 0 aromatic heterocycles. The molecule has 0 radical (unpaired) electrons. The first kappa shape index (κ1) is 41.7. The Labute approximate surface area is 335 Å². The molecule has 0 spiro atoms. The fourth-order valence-corrected chi connectivity index (χ4v) is 14.8. The molecule has 1 heterocycles. The molecule has 1 saturated heterocycles. The predicted octanol–water partition coefficient (Wildman–Crippen LogP) is 7.17. The standard InChI is InChI=1S/C46H72N2O8/c1-26(2)34-30(49)25-46(47-38(53)42(7,8)39(54)48-20-22-55-23-21-48)19-18-44(10)27(35(34)46)12-13-32-43(9)16-15-33(41(5,6)31(43)14-17-45(32,44)11)56-37(52)29-24-28(36(50)51)40(29,3)4/h26-33,49H,12-25H2,1-11H3,(H,47,53)(H,50,51)/t27-,28+,29-,30?,31?,32-,33+,43+,44-,45-,46-/m1/s1. The summed E-state index contributed by atoms with van der Waals surface area (Å²) in [5, 5.41) is 25.0. The Morgan fingerprint density at radius 2 is 1.50 bits per heavy atom. The number of carboxylic acid groups (broad SMARTS) is 1. The number of morpholine rings is 1. The predicted molar refractivity (Wildman–Crippen MR) is 213 cm³/mol. The number of carbonyl (C=O) groups is 4. The van der Waals surface area contributed by atoms with E-state index in [9.17, 15) is 29.4 Å². The fraction of sp³-hybridized carbons (Fsp3) is 0.870. The molecule has 6 fully saturated rings. The van der Waals surface area contributed by atoms with Crippen LogP contribution in [-0.2, 0) is 28.7 Å². The van der Waals surface area contributed by atoms with Gasteiger partial charge in [-0.2, -0.15) is 0 Å². The number of carboxylic acids is 1. The Bertz CT molecular complexity index is 1680. The lowest BCUT2D eigenvalue weighted by atomic mass is 9.33. The summed E-state index contributed by atoms with van der Waals surface area (Å²) in [6.07, 6.45) is 7.58. The minimum absolute atomic E-state index is 0.0208. The van der Waals surface area contributed by atoms with Crippen LogP contribution in [0.4, 0.5) is 0 Å². The number of nitrogens with zero attached hydrogens (tertiary/aromatic N) is 1. The summed E-state index contributed by atoms with van der Waals surface area (Å²) in [6, 6.07) is 0. The van der Waals surface area contributed by atoms with Crippen molar-refractivity contribution in [1.82, 2.24) is 10.2 Å². The van der Waals surface area contributed by atoms with E-state index < -0.39 is 40.3 Å². The van der Waals surface area contributed by atoms with Crippen molar-refractivity contribution < 1.29 is 38.9 Å². The third kappa shape index (κ3) is 5.81. The van der Waals surface area contributed by atoms with Gasteiger partial charge in [-0.3, -0.25) is 19.2 Å². The lowest BCUT2D eigenvalue weighted by Crippen LogP contribution is -2.68. The molecule has 7 aliphatic rings. The molecular weight excluding hydrogens is 709 g/mol. The van der Waals surface area contributed by atoms with Gasteiger partial charge in [0.1, 0.15) is 11.5 Å². The third-order valence-electron chi connectivity index (χ3n) is 18.4. The van der Waals surface area contributed by atoms with Gasteiger partial charge in [0.15, 0.2) is 0 Å². The summed E-state index contributed by atoms with van der Waals surface area (Å²) in [5.41, 5.74) is -0.429. The number of esters is 1. The number of aliphatic carboxylic acids is 1. The highest BCUT2D eigenvalue weighted by atomic mass is 16.5. The van der Waals surface area contributed by atoms with Crippen molar-refractivity contribution in [1.29, 1.82) is 0 Å². The SMILES string of the molecule is CC(C)C1=C2[C@H]3CC[C@@H]4[C@@]5(C)CC[C@H](OC(=O)[C@H]6C[C@@H](C(=O)O)C6(C)C)C(C)(C)C5CC[C@@]4(C)[C@]3(C)CC[C@@]2(NC(=O)C(C)(C)C(=O)N2CCOCC2)CC1O. The van der Waals surface area contributed by atoms with Gasteiger partial charge in [0.25, 0.3) is 0 Å². The van der Waals surface area contributed by atoms with E-state index >= 15 is 0 Å². The van der Waals surface area contributed by atoms with E-state index in [0.29, 0.717) is 51.0 Å². The molecule has 56 heavy (non-hydrogen) atoms. The maximum Gasteiger partial charge on any atom is 0.309 e. The average Bonchev–Trinajstić information content (AvgIpc) is 3.40. The highest BCUT2D eigenvalue weighted by Crippen LogP contribution is 2.76. The molecule has 314 valence electrons. The van der Waals surface area contributed by atoms with Gasteiger partial charge < -0.3 is 29.9 Å². The number of amides is 2. The Balaban J connectivity index is 1.14. The van der Waals surface area contributed by atoms with Crippen LogP contribution in [0, 0.1) is 68.0 Å². The number of fused-ring (bicyclic) bond motifs is 7. The quantitative estimate of drug-likeness (QED) is 0.140. The van der Waals surface area contributed by atoms with Crippen molar-refractivity contribution in [3.05, 3.63) is 11.1 Å². The van der Waals surface area contributed by atoms with Crippen molar-refractivity contribution in [2.75, 3.05) is 26.3 Å². The maximum absolute atomic E-state index is 14.4. The van der Waals surface area contributed by atoms with Crippen molar-refractivity contribution in [3.8, 4) is 0 Å². The smallest absolute Gasteiger partial charge is 0.309 e. The Kier molecular flexibility index (Phi) is 10.1. The van der Waals surface area contributed by atoms with Gasteiger partial charge in [-0.25, -0.2) is 0 Å². The topological polar surface area (TPSA) is 142 Å². The largest absolute Gasteiger partial charge is 0.481 e. The van der Waals surface area contributed by atoms with Gasteiger partial charge in [-0.05, 0) is 128 Å². The zero-order valence-electron chi connectivity index (χ0n) is 36.3. The van der Waals surface area contributed by atoms with E-state index in [1.807, 2.05) is 13.8 Å². The van der Waals surface area contributed by atoms with Crippen molar-refractivity contribution >= 4 is 23.8 Å². The first-order valence-electron chi connectivity index (χ1n) is 22.0. The van der Waals surface area contributed by atoms with Crippen LogP contribution in [0.25, 0.3) is 0 Å². The number of ether oxygens (including phenoxy) is 2. The molecule has 0 aromatic carbocycles. The number of hydrogen-bond donors (Lipinski definition) is 3. The number of aliphatic hydroxyl groups is 1. The van der Waals surface area contributed by atoms with E-state index in [1.165, 1.54) is 5.57 Å². The third-order valence-corrected chi connectivity index (χ3v) is 18.4. The van der Waals surface area contributed by atoms with E-state index in [1.54, 1.807) is 18.7 Å². The average molecular weight is 781 g/mol. The van der Waals surface area contributed by atoms with E-state index in [0.717, 1.165) is 56.9 Å². The van der Waals surface area contributed by atoms with Crippen LogP contribution >= 0.6 is 0 Å². The number of carbonyl (C=O) groups excluding carboxylic acids is 3. The number of aliphatic hydroxyl groups excluding tert-OH is 1. The van der Waals surface area contributed by atoms with Crippen LogP contribution in [0.1, 0.15) is 140 Å². The molecule has 6 aliphatic carbocycles. The number of nitrogens with one attached hydrogen (secondary N) is 1. The molecule has 3 N–H and O–H groups in total. The van der Waals surface area contributed by atoms with Crippen LogP contribution in [-0.4, -0.2) is 82.9 Å². The molecule has 10 heteroatoms. The molecule has 0 bridgehead atoms.